The molecule has 0 unspecified atom stereocenters. The third kappa shape index (κ3) is 4.07. The van der Waals surface area contributed by atoms with Crippen LogP contribution in [-0.2, 0) is 0 Å². The average Bonchev–Trinajstić information content (AvgIpc) is 3.15. The number of nitrogens with zero attached hydrogens (tertiary/aromatic N) is 3. The predicted molar refractivity (Wildman–Crippen MR) is 106 cm³/mol. The minimum Gasteiger partial charge on any atom is -0.347 e. The van der Waals surface area contributed by atoms with E-state index in [-0.39, 0.29) is 23.6 Å². The number of nitrogens with one attached hydrogen (secondary N) is 1. The van der Waals surface area contributed by atoms with Gasteiger partial charge in [-0.1, -0.05) is 30.9 Å². The first kappa shape index (κ1) is 18.6. The first-order valence-electron chi connectivity index (χ1n) is 9.40. The van der Waals surface area contributed by atoms with Gasteiger partial charge < -0.3 is 5.32 Å². The Morgan fingerprint density at radius 2 is 1.71 bits per heavy atom. The van der Waals surface area contributed by atoms with E-state index in [9.17, 15) is 9.18 Å². The molecule has 0 bridgehead atoms. The topological polar surface area (TPSA) is 59.8 Å². The van der Waals surface area contributed by atoms with Gasteiger partial charge in [0, 0.05) is 16.6 Å². The normalized spacial score (nSPS) is 14.8. The molecule has 1 aromatic heterocycles. The molecule has 3 aromatic rings. The largest absolute Gasteiger partial charge is 0.347 e. The summed E-state index contributed by atoms with van der Waals surface area (Å²) >= 11 is 5.99. The molecule has 1 fully saturated rings. The molecule has 144 valence electrons. The van der Waals surface area contributed by atoms with E-state index in [2.05, 4.69) is 15.4 Å². The highest BCUT2D eigenvalue weighted by atomic mass is 35.5. The predicted octanol–water partition coefficient (Wildman–Crippen LogP) is 4.79. The van der Waals surface area contributed by atoms with E-state index in [4.69, 9.17) is 11.6 Å². The van der Waals surface area contributed by atoms with Gasteiger partial charge in [-0.25, -0.2) is 14.1 Å². The third-order valence-corrected chi connectivity index (χ3v) is 5.18. The van der Waals surface area contributed by atoms with Crippen LogP contribution in [0.15, 0.2) is 48.5 Å². The van der Waals surface area contributed by atoms with E-state index in [0.29, 0.717) is 16.5 Å². The second-order valence-electron chi connectivity index (χ2n) is 6.96. The Kier molecular flexibility index (Phi) is 5.39. The lowest BCUT2D eigenvalue weighted by molar-refractivity contribution is 0.0917. The first-order valence-corrected chi connectivity index (χ1v) is 9.78. The van der Waals surface area contributed by atoms with Crippen molar-refractivity contribution in [3.05, 3.63) is 65.2 Å². The molecule has 1 aliphatic carbocycles. The Morgan fingerprint density at radius 3 is 2.39 bits per heavy atom. The summed E-state index contributed by atoms with van der Waals surface area (Å²) in [7, 11) is 0. The molecule has 1 heterocycles. The van der Waals surface area contributed by atoms with Crippen molar-refractivity contribution in [1.82, 2.24) is 20.1 Å². The summed E-state index contributed by atoms with van der Waals surface area (Å²) < 4.78 is 14.9. The van der Waals surface area contributed by atoms with Crippen LogP contribution in [0.25, 0.3) is 17.1 Å². The van der Waals surface area contributed by atoms with Crippen molar-refractivity contribution in [2.45, 2.75) is 38.1 Å². The van der Waals surface area contributed by atoms with E-state index < -0.39 is 0 Å². The number of amides is 1. The molecule has 1 aliphatic rings. The van der Waals surface area contributed by atoms with Gasteiger partial charge in [0.1, 0.15) is 5.82 Å². The van der Waals surface area contributed by atoms with Crippen LogP contribution in [0.2, 0.25) is 5.02 Å². The molecule has 7 heteroatoms. The second kappa shape index (κ2) is 8.10. The van der Waals surface area contributed by atoms with Crippen LogP contribution in [0, 0.1) is 5.82 Å². The number of rotatable bonds is 4. The summed E-state index contributed by atoms with van der Waals surface area (Å²) in [4.78, 5) is 17.2. The van der Waals surface area contributed by atoms with Gasteiger partial charge in [-0.05, 0) is 61.4 Å². The van der Waals surface area contributed by atoms with Crippen molar-refractivity contribution in [2.24, 2.45) is 0 Å². The fourth-order valence-corrected chi connectivity index (χ4v) is 3.58. The van der Waals surface area contributed by atoms with Crippen molar-refractivity contribution >= 4 is 17.5 Å². The van der Waals surface area contributed by atoms with E-state index in [1.54, 1.807) is 28.9 Å². The van der Waals surface area contributed by atoms with Gasteiger partial charge in [-0.15, -0.1) is 5.10 Å². The molecule has 2 aromatic carbocycles. The molecule has 1 saturated carbocycles. The number of benzene rings is 2. The van der Waals surface area contributed by atoms with Crippen molar-refractivity contribution in [3.8, 4) is 17.1 Å². The van der Waals surface area contributed by atoms with Crippen molar-refractivity contribution in [3.63, 3.8) is 0 Å². The molecule has 1 N–H and O–H groups in total. The maximum atomic E-state index is 13.3. The molecule has 0 atom stereocenters. The molecule has 28 heavy (non-hydrogen) atoms. The van der Waals surface area contributed by atoms with Gasteiger partial charge in [0.25, 0.3) is 5.91 Å². The summed E-state index contributed by atoms with van der Waals surface area (Å²) in [5, 5.41) is 8.05. The molecule has 0 radical (unpaired) electrons. The smallest absolute Gasteiger partial charge is 0.291 e. The SMILES string of the molecule is O=C(NC1CCCCC1)c1nc(-c2ccc(Cl)cc2)n(-c2ccc(F)cc2)n1. The third-order valence-electron chi connectivity index (χ3n) is 4.92. The number of carbonyl (C=O) groups excluding carboxylic acids is 1. The van der Waals surface area contributed by atoms with Gasteiger partial charge in [0.15, 0.2) is 5.82 Å². The number of aromatic nitrogens is 3. The van der Waals surface area contributed by atoms with Crippen LogP contribution in [-0.4, -0.2) is 26.7 Å². The highest BCUT2D eigenvalue weighted by Crippen LogP contribution is 2.24. The summed E-state index contributed by atoms with van der Waals surface area (Å²) in [5.74, 6) is -0.0351. The fourth-order valence-electron chi connectivity index (χ4n) is 3.45. The summed E-state index contributed by atoms with van der Waals surface area (Å²) in [5.41, 5.74) is 1.38. The maximum Gasteiger partial charge on any atom is 0.291 e. The summed E-state index contributed by atoms with van der Waals surface area (Å²) in [6.07, 6.45) is 5.42. The zero-order valence-corrected chi connectivity index (χ0v) is 16.0. The molecule has 1 amide bonds. The molecule has 0 aliphatic heterocycles. The highest BCUT2D eigenvalue weighted by Gasteiger charge is 2.22. The Balaban J connectivity index is 1.69. The van der Waals surface area contributed by atoms with Crippen molar-refractivity contribution < 1.29 is 9.18 Å². The molecule has 5 nitrogen and oxygen atoms in total. The number of hydrogen-bond donors (Lipinski definition) is 1. The van der Waals surface area contributed by atoms with Gasteiger partial charge in [0.2, 0.25) is 5.82 Å². The van der Waals surface area contributed by atoms with E-state index in [0.717, 1.165) is 31.2 Å². The fraction of sp³-hybridized carbons (Fsp3) is 0.286. The number of hydrogen-bond acceptors (Lipinski definition) is 3. The minimum absolute atomic E-state index is 0.0971. The first-order chi connectivity index (χ1) is 13.6. The summed E-state index contributed by atoms with van der Waals surface area (Å²) in [6.45, 7) is 0. The zero-order valence-electron chi connectivity index (χ0n) is 15.2. The van der Waals surface area contributed by atoms with E-state index in [1.165, 1.54) is 18.6 Å². The van der Waals surface area contributed by atoms with Crippen LogP contribution in [0.3, 0.4) is 0 Å². The Hall–Kier alpha value is -2.73. The second-order valence-corrected chi connectivity index (χ2v) is 7.40. The number of carbonyl (C=O) groups is 1. The lowest BCUT2D eigenvalue weighted by Crippen LogP contribution is -2.36. The van der Waals surface area contributed by atoms with Gasteiger partial charge >= 0.3 is 0 Å². The van der Waals surface area contributed by atoms with Crippen molar-refractivity contribution in [1.29, 1.82) is 0 Å². The Morgan fingerprint density at radius 1 is 1.04 bits per heavy atom. The maximum absolute atomic E-state index is 13.3. The van der Waals surface area contributed by atoms with Gasteiger partial charge in [0.05, 0.1) is 5.69 Å². The van der Waals surface area contributed by atoms with E-state index >= 15 is 0 Å². The lowest BCUT2D eigenvalue weighted by atomic mass is 9.95. The van der Waals surface area contributed by atoms with Crippen molar-refractivity contribution in [2.75, 3.05) is 0 Å². The van der Waals surface area contributed by atoms with Crippen LogP contribution in [0.4, 0.5) is 4.39 Å². The molecular weight excluding hydrogens is 379 g/mol. The number of halogens is 2. The van der Waals surface area contributed by atoms with Gasteiger partial charge in [-0.3, -0.25) is 4.79 Å². The van der Waals surface area contributed by atoms with Crippen LogP contribution < -0.4 is 5.32 Å². The standard InChI is InChI=1S/C21H20ClFN4O/c22-15-8-6-14(7-9-15)20-25-19(21(28)24-17-4-2-1-3-5-17)26-27(20)18-12-10-16(23)11-13-18/h6-13,17H,1-5H2,(H,24,28). The van der Waals surface area contributed by atoms with Crippen LogP contribution in [0.5, 0.6) is 0 Å². The highest BCUT2D eigenvalue weighted by molar-refractivity contribution is 6.30. The van der Waals surface area contributed by atoms with Gasteiger partial charge in [-0.2, -0.15) is 0 Å². The zero-order chi connectivity index (χ0) is 19.5. The van der Waals surface area contributed by atoms with E-state index in [1.807, 2.05) is 12.1 Å². The summed E-state index contributed by atoms with van der Waals surface area (Å²) in [6, 6.07) is 13.2. The molecule has 4 rings (SSSR count). The molecule has 0 saturated heterocycles. The van der Waals surface area contributed by atoms with Crippen LogP contribution >= 0.6 is 11.6 Å². The molecular formula is C21H20ClFN4O. The molecule has 0 spiro atoms. The lowest BCUT2D eigenvalue weighted by Gasteiger charge is -2.21. The quantitative estimate of drug-likeness (QED) is 0.687. The minimum atomic E-state index is -0.341. The average molecular weight is 399 g/mol. The Labute approximate surface area is 167 Å². The van der Waals surface area contributed by atoms with Crippen LogP contribution in [0.1, 0.15) is 42.7 Å². The monoisotopic (exact) mass is 398 g/mol. The Bertz CT molecular complexity index is 900.